The molecule has 0 spiro atoms. The molecular weight excluding hydrogens is 214 g/mol. The van der Waals surface area contributed by atoms with E-state index in [4.69, 9.17) is 11.6 Å². The van der Waals surface area contributed by atoms with Crippen molar-refractivity contribution in [1.82, 2.24) is 19.7 Å². The van der Waals surface area contributed by atoms with Crippen molar-refractivity contribution in [1.29, 1.82) is 0 Å². The van der Waals surface area contributed by atoms with Gasteiger partial charge in [0.2, 0.25) is 0 Å². The van der Waals surface area contributed by atoms with Crippen LogP contribution in [0.5, 0.6) is 0 Å². The summed E-state index contributed by atoms with van der Waals surface area (Å²) < 4.78 is 1.66. The maximum atomic E-state index is 5.74. The maximum absolute atomic E-state index is 5.74. The topological polar surface area (TPSA) is 55.6 Å². The van der Waals surface area contributed by atoms with Gasteiger partial charge in [-0.3, -0.25) is 4.68 Å². The summed E-state index contributed by atoms with van der Waals surface area (Å²) in [5.41, 5.74) is 0.905. The van der Waals surface area contributed by atoms with Crippen molar-refractivity contribution >= 4 is 17.3 Å². The third-order valence-electron chi connectivity index (χ3n) is 1.82. The molecule has 0 unspecified atom stereocenters. The third-order valence-corrected chi connectivity index (χ3v) is 2.03. The van der Waals surface area contributed by atoms with E-state index in [-0.39, 0.29) is 0 Å². The minimum atomic E-state index is 0.467. The average molecular weight is 224 g/mol. The summed E-state index contributed by atoms with van der Waals surface area (Å²) in [5.74, 6) is 0.741. The number of pyridine rings is 1. The molecule has 0 aromatic carbocycles. The Hall–Kier alpha value is -1.62. The Labute approximate surface area is 92.1 Å². The molecule has 0 saturated carbocycles. The Balaban J connectivity index is 1.99. The van der Waals surface area contributed by atoms with E-state index >= 15 is 0 Å². The van der Waals surface area contributed by atoms with Gasteiger partial charge in [-0.15, -0.1) is 0 Å². The van der Waals surface area contributed by atoms with E-state index in [0.29, 0.717) is 11.7 Å². The Kier molecular flexibility index (Phi) is 2.82. The predicted octanol–water partition coefficient (Wildman–Crippen LogP) is 1.48. The summed E-state index contributed by atoms with van der Waals surface area (Å²) in [4.78, 5) is 7.98. The van der Waals surface area contributed by atoms with Crippen molar-refractivity contribution in [2.75, 3.05) is 5.32 Å². The van der Waals surface area contributed by atoms with Gasteiger partial charge in [0.05, 0.1) is 6.54 Å². The van der Waals surface area contributed by atoms with Crippen molar-refractivity contribution in [2.24, 2.45) is 7.05 Å². The van der Waals surface area contributed by atoms with Crippen LogP contribution < -0.4 is 5.32 Å². The molecule has 6 heteroatoms. The molecule has 0 aliphatic heterocycles. The number of aromatic nitrogens is 4. The zero-order valence-corrected chi connectivity index (χ0v) is 8.94. The van der Waals surface area contributed by atoms with Gasteiger partial charge in [0.25, 0.3) is 0 Å². The molecule has 2 aromatic heterocycles. The predicted molar refractivity (Wildman–Crippen MR) is 57.6 cm³/mol. The van der Waals surface area contributed by atoms with Crippen LogP contribution in [-0.4, -0.2) is 19.7 Å². The van der Waals surface area contributed by atoms with Gasteiger partial charge in [0, 0.05) is 18.9 Å². The van der Waals surface area contributed by atoms with Crippen LogP contribution in [0, 0.1) is 0 Å². The van der Waals surface area contributed by atoms with Gasteiger partial charge in [-0.05, 0) is 12.1 Å². The van der Waals surface area contributed by atoms with E-state index in [1.165, 1.54) is 0 Å². The minimum Gasteiger partial charge on any atom is -0.378 e. The Morgan fingerprint density at radius 1 is 1.47 bits per heavy atom. The first kappa shape index (κ1) is 9.92. The normalized spacial score (nSPS) is 10.3. The molecule has 0 bridgehead atoms. The summed E-state index contributed by atoms with van der Waals surface area (Å²) in [7, 11) is 1.83. The summed E-state index contributed by atoms with van der Waals surface area (Å²) in [6.45, 7) is 0.571. The van der Waals surface area contributed by atoms with Crippen LogP contribution >= 0.6 is 11.6 Å². The molecule has 0 amide bonds. The lowest BCUT2D eigenvalue weighted by atomic mass is 10.4. The highest BCUT2D eigenvalue weighted by Gasteiger charge is 1.99. The lowest BCUT2D eigenvalue weighted by Gasteiger charge is -2.02. The second-order valence-electron chi connectivity index (χ2n) is 3.06. The zero-order valence-electron chi connectivity index (χ0n) is 8.18. The summed E-state index contributed by atoms with van der Waals surface area (Å²) in [5, 5.41) is 7.76. The van der Waals surface area contributed by atoms with Gasteiger partial charge in [0.15, 0.2) is 5.82 Å². The van der Waals surface area contributed by atoms with Crippen molar-refractivity contribution in [3.05, 3.63) is 35.6 Å². The molecule has 2 aromatic rings. The number of hydrogen-bond donors (Lipinski definition) is 1. The Morgan fingerprint density at radius 2 is 2.33 bits per heavy atom. The van der Waals surface area contributed by atoms with E-state index in [2.05, 4.69) is 20.4 Å². The molecule has 0 saturated heterocycles. The minimum absolute atomic E-state index is 0.467. The molecule has 5 nitrogen and oxygen atoms in total. The number of aryl methyl sites for hydroxylation is 1. The smallest absolute Gasteiger partial charge is 0.169 e. The van der Waals surface area contributed by atoms with Gasteiger partial charge in [0.1, 0.15) is 11.5 Å². The van der Waals surface area contributed by atoms with Crippen molar-refractivity contribution in [3.8, 4) is 0 Å². The summed E-state index contributed by atoms with van der Waals surface area (Å²) in [6, 6.07) is 3.60. The van der Waals surface area contributed by atoms with Crippen molar-refractivity contribution in [2.45, 2.75) is 6.54 Å². The number of nitrogens with one attached hydrogen (secondary N) is 1. The second kappa shape index (κ2) is 4.27. The van der Waals surface area contributed by atoms with Crippen molar-refractivity contribution in [3.63, 3.8) is 0 Å². The fraction of sp³-hybridized carbons (Fsp3) is 0.222. The molecule has 0 fully saturated rings. The highest BCUT2D eigenvalue weighted by Crippen LogP contribution is 2.12. The standard InChI is InChI=1S/C9H10ClN5/c1-15-6-13-9(14-15)5-12-7-2-3-11-8(10)4-7/h2-4,6H,5H2,1H3,(H,11,12). The fourth-order valence-corrected chi connectivity index (χ4v) is 1.33. The number of anilines is 1. The van der Waals surface area contributed by atoms with Crippen LogP contribution in [0.3, 0.4) is 0 Å². The number of rotatable bonds is 3. The first-order chi connectivity index (χ1) is 7.24. The zero-order chi connectivity index (χ0) is 10.7. The molecular formula is C9H10ClN5. The van der Waals surface area contributed by atoms with E-state index in [1.807, 2.05) is 13.1 Å². The average Bonchev–Trinajstić information content (AvgIpc) is 2.62. The number of nitrogens with zero attached hydrogens (tertiary/aromatic N) is 4. The number of hydrogen-bond acceptors (Lipinski definition) is 4. The molecule has 15 heavy (non-hydrogen) atoms. The van der Waals surface area contributed by atoms with Gasteiger partial charge in [-0.1, -0.05) is 11.6 Å². The van der Waals surface area contributed by atoms with E-state index in [9.17, 15) is 0 Å². The van der Waals surface area contributed by atoms with Crippen LogP contribution in [0.2, 0.25) is 5.15 Å². The largest absolute Gasteiger partial charge is 0.378 e. The van der Waals surface area contributed by atoms with Crippen LogP contribution in [0.4, 0.5) is 5.69 Å². The molecule has 0 aliphatic carbocycles. The van der Waals surface area contributed by atoms with Gasteiger partial charge < -0.3 is 5.32 Å². The monoisotopic (exact) mass is 223 g/mol. The fourth-order valence-electron chi connectivity index (χ4n) is 1.16. The van der Waals surface area contributed by atoms with E-state index in [0.717, 1.165) is 11.5 Å². The summed E-state index contributed by atoms with van der Waals surface area (Å²) >= 11 is 5.74. The Morgan fingerprint density at radius 3 is 3.00 bits per heavy atom. The quantitative estimate of drug-likeness (QED) is 0.801. The molecule has 0 aliphatic rings. The first-order valence-electron chi connectivity index (χ1n) is 4.44. The first-order valence-corrected chi connectivity index (χ1v) is 4.82. The summed E-state index contributed by atoms with van der Waals surface area (Å²) in [6.07, 6.45) is 3.31. The maximum Gasteiger partial charge on any atom is 0.169 e. The van der Waals surface area contributed by atoms with E-state index < -0.39 is 0 Å². The highest BCUT2D eigenvalue weighted by atomic mass is 35.5. The number of halogens is 1. The van der Waals surface area contributed by atoms with Gasteiger partial charge >= 0.3 is 0 Å². The Bertz CT molecular complexity index is 453. The van der Waals surface area contributed by atoms with Gasteiger partial charge in [-0.25, -0.2) is 9.97 Å². The van der Waals surface area contributed by atoms with Crippen LogP contribution in [0.25, 0.3) is 0 Å². The molecule has 2 heterocycles. The lowest BCUT2D eigenvalue weighted by molar-refractivity contribution is 0.747. The van der Waals surface area contributed by atoms with Crippen LogP contribution in [0.1, 0.15) is 5.82 Å². The second-order valence-corrected chi connectivity index (χ2v) is 3.44. The SMILES string of the molecule is Cn1cnc(CNc2ccnc(Cl)c2)n1. The molecule has 0 atom stereocenters. The molecule has 78 valence electrons. The van der Waals surface area contributed by atoms with E-state index in [1.54, 1.807) is 23.3 Å². The van der Waals surface area contributed by atoms with Crippen LogP contribution in [0.15, 0.2) is 24.7 Å². The third kappa shape index (κ3) is 2.66. The molecule has 0 radical (unpaired) electrons. The molecule has 1 N–H and O–H groups in total. The lowest BCUT2D eigenvalue weighted by Crippen LogP contribution is -2.02. The van der Waals surface area contributed by atoms with Crippen LogP contribution in [-0.2, 0) is 13.6 Å². The van der Waals surface area contributed by atoms with Gasteiger partial charge in [-0.2, -0.15) is 5.10 Å². The van der Waals surface area contributed by atoms with Crippen molar-refractivity contribution < 1.29 is 0 Å². The highest BCUT2D eigenvalue weighted by molar-refractivity contribution is 6.29. The molecule has 2 rings (SSSR count).